The molecule has 0 saturated carbocycles. The zero-order valence-electron chi connectivity index (χ0n) is 11.0. The Bertz CT molecular complexity index is 722. The van der Waals surface area contributed by atoms with E-state index in [4.69, 9.17) is 10.5 Å². The van der Waals surface area contributed by atoms with Crippen molar-refractivity contribution in [1.29, 1.82) is 0 Å². The first-order chi connectivity index (χ1) is 10.0. The zero-order valence-corrected chi connectivity index (χ0v) is 13.4. The molecule has 2 rings (SSSR count). The Labute approximate surface area is 131 Å². The van der Waals surface area contributed by atoms with Gasteiger partial charge in [-0.15, -0.1) is 0 Å². The second kappa shape index (κ2) is 6.88. The number of rotatable bonds is 6. The van der Waals surface area contributed by atoms with Gasteiger partial charge in [-0.25, -0.2) is 8.42 Å². The third kappa shape index (κ3) is 4.42. The van der Waals surface area contributed by atoms with E-state index < -0.39 is 10.0 Å². The van der Waals surface area contributed by atoms with Crippen molar-refractivity contribution in [3.05, 3.63) is 47.2 Å². The molecule has 3 N–H and O–H groups in total. The lowest BCUT2D eigenvalue weighted by Gasteiger charge is -2.10. The lowest BCUT2D eigenvalue weighted by Crippen LogP contribution is -2.14. The molecule has 8 heteroatoms. The molecule has 0 saturated heterocycles. The predicted molar refractivity (Wildman–Crippen MR) is 83.7 cm³/mol. The van der Waals surface area contributed by atoms with Crippen LogP contribution in [0.15, 0.2) is 52.1 Å². The summed E-state index contributed by atoms with van der Waals surface area (Å²) in [6.45, 7) is 0.755. The van der Waals surface area contributed by atoms with E-state index in [1.807, 2.05) is 0 Å². The highest BCUT2D eigenvalue weighted by Gasteiger charge is 2.15. The SMILES string of the molecule is NCCOc1cccc(NS(=O)(=O)c2cncc(Br)c2)c1. The number of benzene rings is 1. The number of nitrogens with one attached hydrogen (secondary N) is 1. The van der Waals surface area contributed by atoms with Gasteiger partial charge in [0.25, 0.3) is 10.0 Å². The van der Waals surface area contributed by atoms with Crippen LogP contribution in [0.25, 0.3) is 0 Å². The molecule has 1 aromatic carbocycles. The minimum absolute atomic E-state index is 0.0742. The number of halogens is 1. The van der Waals surface area contributed by atoms with E-state index >= 15 is 0 Å². The number of hydrogen-bond acceptors (Lipinski definition) is 5. The molecule has 0 fully saturated rings. The van der Waals surface area contributed by atoms with Crippen molar-refractivity contribution >= 4 is 31.6 Å². The Balaban J connectivity index is 2.20. The summed E-state index contributed by atoms with van der Waals surface area (Å²) in [6.07, 6.45) is 2.79. The number of hydrogen-bond donors (Lipinski definition) is 2. The van der Waals surface area contributed by atoms with E-state index in [0.717, 1.165) is 0 Å². The summed E-state index contributed by atoms with van der Waals surface area (Å²) in [5.74, 6) is 0.549. The average Bonchev–Trinajstić information content (AvgIpc) is 2.45. The highest BCUT2D eigenvalue weighted by Crippen LogP contribution is 2.21. The second-order valence-electron chi connectivity index (χ2n) is 4.11. The average molecular weight is 372 g/mol. The molecule has 21 heavy (non-hydrogen) atoms. The number of pyridine rings is 1. The molecule has 112 valence electrons. The van der Waals surface area contributed by atoms with Gasteiger partial charge in [0.2, 0.25) is 0 Å². The molecule has 0 spiro atoms. The molecule has 0 amide bonds. The van der Waals surface area contributed by atoms with Crippen molar-refractivity contribution in [2.24, 2.45) is 5.73 Å². The third-order valence-electron chi connectivity index (χ3n) is 2.46. The normalized spacial score (nSPS) is 11.1. The summed E-state index contributed by atoms with van der Waals surface area (Å²) in [7, 11) is -3.70. The van der Waals surface area contributed by atoms with Gasteiger partial charge in [-0.3, -0.25) is 9.71 Å². The number of ether oxygens (including phenoxy) is 1. The van der Waals surface area contributed by atoms with Gasteiger partial charge in [0.1, 0.15) is 17.3 Å². The third-order valence-corrected chi connectivity index (χ3v) is 4.24. The Morgan fingerprint density at radius 1 is 1.29 bits per heavy atom. The predicted octanol–water partition coefficient (Wildman–Crippen LogP) is 1.98. The lowest BCUT2D eigenvalue weighted by atomic mass is 10.3. The quantitative estimate of drug-likeness (QED) is 0.809. The number of anilines is 1. The summed E-state index contributed by atoms with van der Waals surface area (Å²) in [5.41, 5.74) is 5.77. The number of aromatic nitrogens is 1. The van der Waals surface area contributed by atoms with Crippen molar-refractivity contribution in [1.82, 2.24) is 4.98 Å². The van der Waals surface area contributed by atoms with E-state index in [0.29, 0.717) is 29.1 Å². The van der Waals surface area contributed by atoms with Crippen LogP contribution in [0.4, 0.5) is 5.69 Å². The molecule has 0 radical (unpaired) electrons. The maximum absolute atomic E-state index is 12.2. The van der Waals surface area contributed by atoms with E-state index in [-0.39, 0.29) is 4.90 Å². The van der Waals surface area contributed by atoms with Crippen molar-refractivity contribution in [3.63, 3.8) is 0 Å². The largest absolute Gasteiger partial charge is 0.492 e. The number of nitrogens with two attached hydrogens (primary N) is 1. The minimum Gasteiger partial charge on any atom is -0.492 e. The fraction of sp³-hybridized carbons (Fsp3) is 0.154. The fourth-order valence-corrected chi connectivity index (χ4v) is 3.13. The summed E-state index contributed by atoms with van der Waals surface area (Å²) >= 11 is 3.19. The first-order valence-electron chi connectivity index (χ1n) is 6.07. The van der Waals surface area contributed by atoms with Gasteiger partial charge in [-0.1, -0.05) is 6.07 Å². The first kappa shape index (κ1) is 15.7. The maximum atomic E-state index is 12.2. The lowest BCUT2D eigenvalue weighted by molar-refractivity contribution is 0.328. The molecular formula is C13H14BrN3O3S. The van der Waals surface area contributed by atoms with Crippen LogP contribution in [0.5, 0.6) is 5.75 Å². The van der Waals surface area contributed by atoms with Crippen molar-refractivity contribution in [2.45, 2.75) is 4.90 Å². The molecule has 1 aromatic heterocycles. The Morgan fingerprint density at radius 2 is 2.10 bits per heavy atom. The monoisotopic (exact) mass is 371 g/mol. The van der Waals surface area contributed by atoms with Gasteiger partial charge in [-0.05, 0) is 34.1 Å². The Morgan fingerprint density at radius 3 is 2.81 bits per heavy atom. The van der Waals surface area contributed by atoms with Crippen molar-refractivity contribution in [3.8, 4) is 5.75 Å². The van der Waals surface area contributed by atoms with Gasteiger partial charge >= 0.3 is 0 Å². The van der Waals surface area contributed by atoms with Crippen LogP contribution in [-0.4, -0.2) is 26.6 Å². The summed E-state index contributed by atoms with van der Waals surface area (Å²) in [6, 6.07) is 8.14. The molecule has 0 bridgehead atoms. The van der Waals surface area contributed by atoms with Gasteiger partial charge in [0.05, 0.1) is 5.69 Å². The van der Waals surface area contributed by atoms with Crippen LogP contribution < -0.4 is 15.2 Å². The molecule has 0 atom stereocenters. The molecule has 0 aliphatic carbocycles. The highest BCUT2D eigenvalue weighted by atomic mass is 79.9. The summed E-state index contributed by atoms with van der Waals surface area (Å²) in [5, 5.41) is 0. The van der Waals surface area contributed by atoms with Crippen LogP contribution in [-0.2, 0) is 10.0 Å². The number of sulfonamides is 1. The van der Waals surface area contributed by atoms with E-state index in [2.05, 4.69) is 25.6 Å². The molecule has 2 aromatic rings. The standard InChI is InChI=1S/C13H14BrN3O3S/c14-10-6-13(9-16-8-10)21(18,19)17-11-2-1-3-12(7-11)20-5-4-15/h1-3,6-9,17H,4-5,15H2. The molecule has 1 heterocycles. The van der Waals surface area contributed by atoms with E-state index in [1.165, 1.54) is 18.5 Å². The Hall–Kier alpha value is -1.64. The van der Waals surface area contributed by atoms with Gasteiger partial charge in [-0.2, -0.15) is 0 Å². The second-order valence-corrected chi connectivity index (χ2v) is 6.71. The van der Waals surface area contributed by atoms with Crippen LogP contribution in [0.1, 0.15) is 0 Å². The first-order valence-corrected chi connectivity index (χ1v) is 8.35. The molecule has 6 nitrogen and oxygen atoms in total. The molecular weight excluding hydrogens is 358 g/mol. The summed E-state index contributed by atoms with van der Waals surface area (Å²) in [4.78, 5) is 3.92. The maximum Gasteiger partial charge on any atom is 0.263 e. The molecule has 0 aliphatic heterocycles. The van der Waals surface area contributed by atoms with Gasteiger partial charge in [0, 0.05) is 29.5 Å². The Kier molecular flexibility index (Phi) is 5.16. The van der Waals surface area contributed by atoms with Crippen LogP contribution in [0, 0.1) is 0 Å². The van der Waals surface area contributed by atoms with Crippen LogP contribution in [0.3, 0.4) is 0 Å². The van der Waals surface area contributed by atoms with Gasteiger partial charge < -0.3 is 10.5 Å². The van der Waals surface area contributed by atoms with Crippen molar-refractivity contribution < 1.29 is 13.2 Å². The molecule has 0 aliphatic rings. The van der Waals surface area contributed by atoms with Crippen LogP contribution >= 0.6 is 15.9 Å². The topological polar surface area (TPSA) is 94.3 Å². The van der Waals surface area contributed by atoms with Crippen LogP contribution in [0.2, 0.25) is 0 Å². The van der Waals surface area contributed by atoms with E-state index in [9.17, 15) is 8.42 Å². The van der Waals surface area contributed by atoms with Gasteiger partial charge in [0.15, 0.2) is 0 Å². The zero-order chi connectivity index (χ0) is 15.3. The summed E-state index contributed by atoms with van der Waals surface area (Å²) < 4.78 is 32.9. The minimum atomic E-state index is -3.70. The van der Waals surface area contributed by atoms with E-state index in [1.54, 1.807) is 24.3 Å². The van der Waals surface area contributed by atoms with Crippen molar-refractivity contribution in [2.75, 3.05) is 17.9 Å². The molecule has 0 unspecified atom stereocenters. The highest BCUT2D eigenvalue weighted by molar-refractivity contribution is 9.10. The smallest absolute Gasteiger partial charge is 0.263 e. The number of nitrogens with zero attached hydrogens (tertiary/aromatic N) is 1. The fourth-order valence-electron chi connectivity index (χ4n) is 1.58.